The zero-order chi connectivity index (χ0) is 27.8. The van der Waals surface area contributed by atoms with Crippen molar-refractivity contribution in [1.29, 1.82) is 0 Å². The molecule has 0 saturated carbocycles. The van der Waals surface area contributed by atoms with E-state index in [0.29, 0.717) is 0 Å². The first-order chi connectivity index (χ1) is 18.0. The highest BCUT2D eigenvalue weighted by atomic mass is 16.8. The Bertz CT molecular complexity index is 761. The van der Waals surface area contributed by atoms with Crippen LogP contribution in [0, 0.1) is 0 Å². The van der Waals surface area contributed by atoms with Crippen molar-refractivity contribution >= 4 is 0 Å². The molecule has 4 fully saturated rings. The van der Waals surface area contributed by atoms with Crippen LogP contribution in [0.5, 0.6) is 0 Å². The second kappa shape index (κ2) is 12.5. The lowest BCUT2D eigenvalue weighted by Gasteiger charge is -2.46. The van der Waals surface area contributed by atoms with E-state index >= 15 is 0 Å². The monoisotopic (exact) mass is 558 g/mol. The van der Waals surface area contributed by atoms with Gasteiger partial charge in [-0.3, -0.25) is 0 Å². The quantitative estimate of drug-likeness (QED) is 0.135. The molecule has 0 aromatic rings. The van der Waals surface area contributed by atoms with Gasteiger partial charge in [0.05, 0.1) is 51.3 Å². The average Bonchev–Trinajstić information content (AvgIpc) is 3.18. The highest BCUT2D eigenvalue weighted by molar-refractivity contribution is 4.96. The fraction of sp³-hybridized carbons (Fsp3) is 1.00. The number of aliphatic hydroxyl groups excluding tert-OH is 8. The Kier molecular flexibility index (Phi) is 9.96. The SMILES string of the molecule is C[C@@H]1OC[C@H](O)[C@H](O[C@@H]2O[C@H](CO)C[C@H](O)[C@H]2O)[C@H]1O[C@@H]1OC[C@@H](O)[C@H](O[C@@H]2OC[C@](O)(CO)[C@H]2O)[C@H]1O. The van der Waals surface area contributed by atoms with Gasteiger partial charge in [-0.25, -0.2) is 0 Å². The Labute approximate surface area is 217 Å². The molecule has 0 aromatic heterocycles. The van der Waals surface area contributed by atoms with Crippen LogP contribution in [-0.2, 0) is 33.2 Å². The molecule has 4 heterocycles. The summed E-state index contributed by atoms with van der Waals surface area (Å²) < 4.78 is 38.9. The second-order valence-electron chi connectivity index (χ2n) is 10.2. The number of ether oxygens (including phenoxy) is 7. The highest BCUT2D eigenvalue weighted by Crippen LogP contribution is 2.32. The summed E-state index contributed by atoms with van der Waals surface area (Å²) in [5.41, 5.74) is -1.98. The lowest BCUT2D eigenvalue weighted by molar-refractivity contribution is -0.354. The van der Waals surface area contributed by atoms with E-state index < -0.39 is 111 Å². The van der Waals surface area contributed by atoms with Crippen LogP contribution in [-0.4, -0.2) is 171 Å². The van der Waals surface area contributed by atoms with Crippen LogP contribution in [0.2, 0.25) is 0 Å². The smallest absolute Gasteiger partial charge is 0.187 e. The van der Waals surface area contributed by atoms with Gasteiger partial charge in [0.1, 0.15) is 54.4 Å². The summed E-state index contributed by atoms with van der Waals surface area (Å²) in [7, 11) is 0. The van der Waals surface area contributed by atoms with Gasteiger partial charge in [-0.05, 0) is 6.92 Å². The molecule has 15 atom stereocenters. The largest absolute Gasteiger partial charge is 0.394 e. The normalized spacial score (nSPS) is 52.3. The van der Waals surface area contributed by atoms with Crippen molar-refractivity contribution in [1.82, 2.24) is 0 Å². The van der Waals surface area contributed by atoms with Gasteiger partial charge in [0.15, 0.2) is 18.9 Å². The second-order valence-corrected chi connectivity index (χ2v) is 10.2. The van der Waals surface area contributed by atoms with Gasteiger partial charge in [-0.15, -0.1) is 0 Å². The molecule has 0 amide bonds. The Morgan fingerprint density at radius 1 is 0.737 bits per heavy atom. The van der Waals surface area contributed by atoms with Gasteiger partial charge >= 0.3 is 0 Å². The molecule has 0 bridgehead atoms. The van der Waals surface area contributed by atoms with Crippen LogP contribution in [0.4, 0.5) is 0 Å². The van der Waals surface area contributed by atoms with Crippen molar-refractivity contribution in [3.05, 3.63) is 0 Å². The third kappa shape index (κ3) is 6.15. The molecule has 0 aromatic carbocycles. The van der Waals surface area contributed by atoms with E-state index in [1.165, 1.54) is 0 Å². The van der Waals surface area contributed by atoms with Crippen LogP contribution in [0.25, 0.3) is 0 Å². The van der Waals surface area contributed by atoms with E-state index in [9.17, 15) is 46.0 Å². The van der Waals surface area contributed by atoms with E-state index in [1.54, 1.807) is 6.92 Å². The van der Waals surface area contributed by atoms with Crippen LogP contribution in [0.1, 0.15) is 13.3 Å². The molecule has 38 heavy (non-hydrogen) atoms. The Morgan fingerprint density at radius 2 is 1.37 bits per heavy atom. The topological polar surface area (TPSA) is 247 Å². The highest BCUT2D eigenvalue weighted by Gasteiger charge is 2.53. The predicted octanol–water partition coefficient (Wildman–Crippen LogP) is -5.73. The Hall–Kier alpha value is -0.640. The summed E-state index contributed by atoms with van der Waals surface area (Å²) in [6, 6.07) is 0. The zero-order valence-electron chi connectivity index (χ0n) is 20.7. The number of hydrogen-bond acceptors (Lipinski definition) is 16. The van der Waals surface area contributed by atoms with Crippen molar-refractivity contribution in [2.45, 2.75) is 105 Å². The fourth-order valence-electron chi connectivity index (χ4n) is 4.86. The van der Waals surface area contributed by atoms with Crippen LogP contribution >= 0.6 is 0 Å². The molecule has 0 spiro atoms. The van der Waals surface area contributed by atoms with Gasteiger partial charge in [-0.1, -0.05) is 0 Å². The summed E-state index contributed by atoms with van der Waals surface area (Å²) >= 11 is 0. The number of hydrogen-bond donors (Lipinski definition) is 9. The summed E-state index contributed by atoms with van der Waals surface area (Å²) in [5, 5.41) is 91.5. The Balaban J connectivity index is 1.45. The number of rotatable bonds is 8. The molecule has 16 nitrogen and oxygen atoms in total. The van der Waals surface area contributed by atoms with Crippen molar-refractivity contribution in [3.8, 4) is 0 Å². The molecule has 222 valence electrons. The molecule has 9 N–H and O–H groups in total. The first kappa shape index (κ1) is 30.3. The van der Waals surface area contributed by atoms with Crippen LogP contribution < -0.4 is 0 Å². The maximum atomic E-state index is 10.9. The summed E-state index contributed by atoms with van der Waals surface area (Å²) in [6.07, 6.45) is -18.4. The lowest BCUT2D eigenvalue weighted by atomic mass is 9.98. The molecule has 16 heteroatoms. The van der Waals surface area contributed by atoms with Crippen LogP contribution in [0.3, 0.4) is 0 Å². The maximum absolute atomic E-state index is 10.9. The molecule has 4 rings (SSSR count). The van der Waals surface area contributed by atoms with Gasteiger partial charge < -0.3 is 79.1 Å². The zero-order valence-corrected chi connectivity index (χ0v) is 20.7. The van der Waals surface area contributed by atoms with Crippen molar-refractivity contribution in [3.63, 3.8) is 0 Å². The van der Waals surface area contributed by atoms with Gasteiger partial charge in [0.2, 0.25) is 0 Å². The summed E-state index contributed by atoms with van der Waals surface area (Å²) in [5.74, 6) is 0. The molecule has 0 unspecified atom stereocenters. The average molecular weight is 559 g/mol. The Morgan fingerprint density at radius 3 is 2.03 bits per heavy atom. The summed E-state index contributed by atoms with van der Waals surface area (Å²) in [6.45, 7) is -0.616. The van der Waals surface area contributed by atoms with E-state index in [1.807, 2.05) is 0 Å². The lowest BCUT2D eigenvalue weighted by Crippen LogP contribution is -2.62. The van der Waals surface area contributed by atoms with Gasteiger partial charge in [0, 0.05) is 6.42 Å². The van der Waals surface area contributed by atoms with E-state index in [4.69, 9.17) is 33.2 Å². The first-order valence-corrected chi connectivity index (χ1v) is 12.5. The first-order valence-electron chi connectivity index (χ1n) is 12.5. The minimum Gasteiger partial charge on any atom is -0.394 e. The van der Waals surface area contributed by atoms with E-state index in [2.05, 4.69) is 0 Å². The fourth-order valence-corrected chi connectivity index (χ4v) is 4.86. The molecule has 0 aliphatic carbocycles. The number of aliphatic hydroxyl groups is 9. The third-order valence-electron chi connectivity index (χ3n) is 7.28. The van der Waals surface area contributed by atoms with Crippen molar-refractivity contribution in [2.75, 3.05) is 33.0 Å². The molecule has 0 radical (unpaired) electrons. The summed E-state index contributed by atoms with van der Waals surface area (Å²) in [4.78, 5) is 0. The van der Waals surface area contributed by atoms with E-state index in [0.717, 1.165) is 0 Å². The minimum atomic E-state index is -1.98. The van der Waals surface area contributed by atoms with Gasteiger partial charge in [-0.2, -0.15) is 0 Å². The van der Waals surface area contributed by atoms with Gasteiger partial charge in [0.25, 0.3) is 0 Å². The van der Waals surface area contributed by atoms with Crippen molar-refractivity contribution < 1.29 is 79.1 Å². The minimum absolute atomic E-state index is 0.0227. The molecular formula is C22H38O16. The molecule has 4 aliphatic rings. The predicted molar refractivity (Wildman–Crippen MR) is 118 cm³/mol. The molecular weight excluding hydrogens is 520 g/mol. The third-order valence-corrected chi connectivity index (χ3v) is 7.28. The maximum Gasteiger partial charge on any atom is 0.187 e. The van der Waals surface area contributed by atoms with Crippen molar-refractivity contribution in [2.24, 2.45) is 0 Å². The van der Waals surface area contributed by atoms with Crippen LogP contribution in [0.15, 0.2) is 0 Å². The standard InChI is InChI=1S/C22H38O16/c1-8-15(17(12(27)4-32-8)38-20-13(28)10(25)2-9(3-23)35-20)36-19-14(29)16(11(26)5-33-19)37-21-18(30)22(31,6-24)7-34-21/h8-21,23-31H,2-7H2,1H3/t8-,9-,10-,11+,12-,13+,14+,15-,16-,17-,18-,19-,20-,21-,22+/m0/s1. The molecule has 4 saturated heterocycles. The molecule has 4 aliphatic heterocycles. The van der Waals surface area contributed by atoms with E-state index in [-0.39, 0.29) is 19.6 Å².